The van der Waals surface area contributed by atoms with Gasteiger partial charge >= 0.3 is 5.97 Å². The molecule has 5 heteroatoms. The van der Waals surface area contributed by atoms with Crippen LogP contribution in [0.5, 0.6) is 11.5 Å². The van der Waals surface area contributed by atoms with Gasteiger partial charge in [0.1, 0.15) is 11.5 Å². The number of carbonyl (C=O) groups is 1. The average Bonchev–Trinajstić information content (AvgIpc) is 2.89. The molecule has 0 aliphatic carbocycles. The van der Waals surface area contributed by atoms with Crippen molar-refractivity contribution < 1.29 is 20.1 Å². The van der Waals surface area contributed by atoms with Crippen molar-refractivity contribution in [3.05, 3.63) is 53.6 Å². The van der Waals surface area contributed by atoms with Gasteiger partial charge < -0.3 is 15.3 Å². The maximum atomic E-state index is 11.8. The summed E-state index contributed by atoms with van der Waals surface area (Å²) < 4.78 is 0. The maximum absolute atomic E-state index is 11.8. The highest BCUT2D eigenvalue weighted by atomic mass is 32.2. The molecule has 0 saturated heterocycles. The summed E-state index contributed by atoms with van der Waals surface area (Å²) in [6.45, 7) is 6.44. The number of fused-ring (bicyclic) bond motifs is 1. The zero-order valence-electron chi connectivity index (χ0n) is 23.7. The molecule has 0 saturated carbocycles. The minimum Gasteiger partial charge on any atom is -0.508 e. The lowest BCUT2D eigenvalue weighted by molar-refractivity contribution is -0.149. The minimum atomic E-state index is -0.634. The fourth-order valence-electron chi connectivity index (χ4n) is 6.06. The molecule has 1 aliphatic rings. The molecule has 4 nitrogen and oxygen atoms in total. The van der Waals surface area contributed by atoms with Gasteiger partial charge in [-0.25, -0.2) is 0 Å². The third-order valence-corrected chi connectivity index (χ3v) is 10.2. The summed E-state index contributed by atoms with van der Waals surface area (Å²) in [6, 6.07) is 13.5. The number of hydrogen-bond acceptors (Lipinski definition) is 4. The number of carboxylic acids is 1. The van der Waals surface area contributed by atoms with Crippen LogP contribution in [0, 0.1) is 5.41 Å². The van der Waals surface area contributed by atoms with Gasteiger partial charge in [-0.2, -0.15) is 0 Å². The van der Waals surface area contributed by atoms with Crippen LogP contribution in [0.2, 0.25) is 0 Å². The Balaban J connectivity index is 1.47. The van der Waals surface area contributed by atoms with Crippen LogP contribution in [-0.2, 0) is 10.2 Å². The Morgan fingerprint density at radius 3 is 2.11 bits per heavy atom. The summed E-state index contributed by atoms with van der Waals surface area (Å²) in [5.41, 5.74) is 1.99. The summed E-state index contributed by atoms with van der Waals surface area (Å²) in [5, 5.41) is 29.6. The standard InChI is InChI=1S/C33H48O4S/c1-4-5-12-21-32(2,31(36)37)22-13-10-8-6-7-9-11-14-29-28-20-19-27(35)23-30(28)38-24-33(29,3)25-15-17-26(34)18-16-25/h15-20,23,29,34-35H,4-14,21-22,24H2,1-3H3,(H,36,37)/t29-,32?,33-/m1/s1. The number of aromatic hydroxyl groups is 2. The lowest BCUT2D eigenvalue weighted by Crippen LogP contribution is -2.36. The number of phenolic OH excluding ortho intramolecular Hbond substituents is 2. The maximum Gasteiger partial charge on any atom is 0.309 e. The van der Waals surface area contributed by atoms with Crippen LogP contribution in [0.15, 0.2) is 47.4 Å². The molecule has 1 heterocycles. The van der Waals surface area contributed by atoms with Crippen molar-refractivity contribution in [2.45, 2.75) is 120 Å². The average molecular weight is 541 g/mol. The molecule has 1 unspecified atom stereocenters. The van der Waals surface area contributed by atoms with E-state index in [1.54, 1.807) is 12.1 Å². The van der Waals surface area contributed by atoms with E-state index in [1.165, 1.54) is 41.7 Å². The van der Waals surface area contributed by atoms with Crippen LogP contribution >= 0.6 is 11.8 Å². The lowest BCUT2D eigenvalue weighted by Gasteiger charge is -2.43. The van der Waals surface area contributed by atoms with Crippen molar-refractivity contribution in [3.63, 3.8) is 0 Å². The topological polar surface area (TPSA) is 77.8 Å². The molecule has 0 aromatic heterocycles. The van der Waals surface area contributed by atoms with Gasteiger partial charge in [0.2, 0.25) is 0 Å². The highest BCUT2D eigenvalue weighted by molar-refractivity contribution is 7.99. The Bertz CT molecular complexity index is 1020. The molecule has 3 N–H and O–H groups in total. The Morgan fingerprint density at radius 1 is 0.895 bits per heavy atom. The van der Waals surface area contributed by atoms with E-state index in [1.807, 2.05) is 30.8 Å². The fraction of sp³-hybridized carbons (Fsp3) is 0.606. The van der Waals surface area contributed by atoms with E-state index in [0.717, 1.165) is 63.5 Å². The minimum absolute atomic E-state index is 0.0315. The number of thioether (sulfide) groups is 1. The van der Waals surface area contributed by atoms with Crippen LogP contribution in [0.4, 0.5) is 0 Å². The van der Waals surface area contributed by atoms with Crippen LogP contribution in [0.1, 0.15) is 121 Å². The summed E-state index contributed by atoms with van der Waals surface area (Å²) >= 11 is 1.82. The van der Waals surface area contributed by atoms with Crippen LogP contribution < -0.4 is 0 Å². The number of aliphatic carboxylic acids is 1. The summed E-state index contributed by atoms with van der Waals surface area (Å²) in [6.07, 6.45) is 14.0. The monoisotopic (exact) mass is 540 g/mol. The highest BCUT2D eigenvalue weighted by Gasteiger charge is 2.41. The van der Waals surface area contributed by atoms with Crippen molar-refractivity contribution in [2.24, 2.45) is 5.41 Å². The van der Waals surface area contributed by atoms with E-state index in [4.69, 9.17) is 0 Å². The van der Waals surface area contributed by atoms with E-state index in [-0.39, 0.29) is 5.41 Å². The molecule has 0 spiro atoms. The number of unbranched alkanes of at least 4 members (excludes halogenated alkanes) is 8. The van der Waals surface area contributed by atoms with E-state index in [0.29, 0.717) is 17.4 Å². The predicted molar refractivity (Wildman–Crippen MR) is 158 cm³/mol. The summed E-state index contributed by atoms with van der Waals surface area (Å²) in [7, 11) is 0. The van der Waals surface area contributed by atoms with Gasteiger partial charge in [-0.3, -0.25) is 4.79 Å². The molecule has 1 aliphatic heterocycles. The van der Waals surface area contributed by atoms with Crippen molar-refractivity contribution in [1.29, 1.82) is 0 Å². The molecular formula is C33H48O4S. The van der Waals surface area contributed by atoms with Gasteiger partial charge in [0.25, 0.3) is 0 Å². The van der Waals surface area contributed by atoms with Crippen LogP contribution in [0.3, 0.4) is 0 Å². The number of phenols is 2. The highest BCUT2D eigenvalue weighted by Crippen LogP contribution is 2.52. The molecule has 0 radical (unpaired) electrons. The second-order valence-electron chi connectivity index (χ2n) is 11.9. The third-order valence-electron chi connectivity index (χ3n) is 8.77. The van der Waals surface area contributed by atoms with E-state index < -0.39 is 11.4 Å². The normalized spacial score (nSPS) is 20.6. The van der Waals surface area contributed by atoms with Crippen molar-refractivity contribution >= 4 is 17.7 Å². The van der Waals surface area contributed by atoms with Gasteiger partial charge in [-0.15, -0.1) is 11.8 Å². The fourth-order valence-corrected chi connectivity index (χ4v) is 7.46. The second-order valence-corrected chi connectivity index (χ2v) is 12.9. The molecule has 2 aromatic carbocycles. The quantitative estimate of drug-likeness (QED) is 0.185. The summed E-state index contributed by atoms with van der Waals surface area (Å²) in [5.74, 6) is 1.31. The predicted octanol–water partition coefficient (Wildman–Crippen LogP) is 9.43. The Kier molecular flexibility index (Phi) is 11.4. The third kappa shape index (κ3) is 7.94. The van der Waals surface area contributed by atoms with Gasteiger partial charge in [-0.1, -0.05) is 96.3 Å². The molecule has 38 heavy (non-hydrogen) atoms. The SMILES string of the molecule is CCCCCC(C)(CCCCCCCCC[C@@H]1c2ccc(O)cc2SC[C@]1(C)c1ccc(O)cc1)C(=O)O. The zero-order chi connectivity index (χ0) is 27.6. The van der Waals surface area contributed by atoms with E-state index in [9.17, 15) is 20.1 Å². The Hall–Kier alpha value is -2.14. The molecule has 0 amide bonds. The van der Waals surface area contributed by atoms with E-state index >= 15 is 0 Å². The first kappa shape index (κ1) is 30.4. The molecule has 3 atom stereocenters. The number of benzene rings is 2. The van der Waals surface area contributed by atoms with Gasteiger partial charge in [0.15, 0.2) is 0 Å². The molecule has 2 aromatic rings. The van der Waals surface area contributed by atoms with Crippen LogP contribution in [-0.4, -0.2) is 27.0 Å². The molecule has 210 valence electrons. The molecule has 3 rings (SSSR count). The number of hydrogen-bond donors (Lipinski definition) is 3. The number of rotatable bonds is 16. The van der Waals surface area contributed by atoms with Gasteiger partial charge in [-0.05, 0) is 67.5 Å². The first-order valence-electron chi connectivity index (χ1n) is 14.7. The largest absolute Gasteiger partial charge is 0.508 e. The van der Waals surface area contributed by atoms with Crippen molar-refractivity contribution in [2.75, 3.05) is 5.75 Å². The smallest absolute Gasteiger partial charge is 0.309 e. The van der Waals surface area contributed by atoms with Gasteiger partial charge in [0, 0.05) is 16.1 Å². The zero-order valence-corrected chi connectivity index (χ0v) is 24.5. The first-order chi connectivity index (χ1) is 18.2. The molecule has 0 bridgehead atoms. The second kappa shape index (κ2) is 14.3. The summed E-state index contributed by atoms with van der Waals surface area (Å²) in [4.78, 5) is 13.0. The number of carboxylic acid groups (broad SMARTS) is 1. The first-order valence-corrected chi connectivity index (χ1v) is 15.7. The lowest BCUT2D eigenvalue weighted by atomic mass is 9.68. The molecule has 0 fully saturated rings. The van der Waals surface area contributed by atoms with Crippen molar-refractivity contribution in [1.82, 2.24) is 0 Å². The van der Waals surface area contributed by atoms with E-state index in [2.05, 4.69) is 32.0 Å². The van der Waals surface area contributed by atoms with Crippen molar-refractivity contribution in [3.8, 4) is 11.5 Å². The Morgan fingerprint density at radius 2 is 1.47 bits per heavy atom. The van der Waals surface area contributed by atoms with Crippen LogP contribution in [0.25, 0.3) is 0 Å². The Labute approximate surface area is 234 Å². The molecular weight excluding hydrogens is 492 g/mol. The van der Waals surface area contributed by atoms with Gasteiger partial charge in [0.05, 0.1) is 5.41 Å².